The summed E-state index contributed by atoms with van der Waals surface area (Å²) in [6.07, 6.45) is 0. The average Bonchev–Trinajstić information content (AvgIpc) is 1.80. The van der Waals surface area contributed by atoms with E-state index in [1.54, 1.807) is 13.3 Å². The van der Waals surface area contributed by atoms with Crippen LogP contribution in [-0.4, -0.2) is 19.8 Å². The molecule has 0 nitrogen and oxygen atoms in total. The van der Waals surface area contributed by atoms with E-state index in [0.717, 1.165) is 17.8 Å². The summed E-state index contributed by atoms with van der Waals surface area (Å²) in [5.74, 6) is 2.87. The maximum Gasteiger partial charge on any atom is -1.00 e. The molecule has 0 saturated heterocycles. The Bertz CT molecular complexity index is 97.7. The van der Waals surface area contributed by atoms with Crippen LogP contribution in [-0.2, 0) is 0 Å². The standard InChI is InChI=1S/3C4H9.Sn.2H/c3*1-4(2)3;;;/h3*4H,1H2,2-3H3;;;/q;;;;;-1. The largest absolute Gasteiger partial charge is 1.00 e. The van der Waals surface area contributed by atoms with Crippen molar-refractivity contribution in [3.8, 4) is 0 Å². The molecule has 0 rings (SSSR count). The third-order valence-electron chi connectivity index (χ3n) is 2.41. The summed E-state index contributed by atoms with van der Waals surface area (Å²) in [7, 11) is 0. The van der Waals surface area contributed by atoms with Gasteiger partial charge in [0.1, 0.15) is 0 Å². The van der Waals surface area contributed by atoms with Crippen molar-refractivity contribution in [3.63, 3.8) is 0 Å². The van der Waals surface area contributed by atoms with E-state index in [-0.39, 0.29) is 1.43 Å². The van der Waals surface area contributed by atoms with Gasteiger partial charge >= 0.3 is 92.4 Å². The third kappa shape index (κ3) is 9.11. The molecular formula is C12H29Sn-. The van der Waals surface area contributed by atoms with Crippen LogP contribution in [0.5, 0.6) is 0 Å². The van der Waals surface area contributed by atoms with E-state index in [0.29, 0.717) is 0 Å². The minimum atomic E-state index is -1.11. The zero-order valence-corrected chi connectivity index (χ0v) is 13.7. The SMILES string of the molecule is CC(C)[CH2][SnH]([CH2]C(C)C)[CH2]C(C)C.[H-]. The predicted molar refractivity (Wildman–Crippen MR) is 67.2 cm³/mol. The molecule has 0 fully saturated rings. The molecule has 0 aromatic rings. The van der Waals surface area contributed by atoms with Gasteiger partial charge in [0.2, 0.25) is 0 Å². The molecule has 0 saturated carbocycles. The fourth-order valence-electron chi connectivity index (χ4n) is 2.29. The van der Waals surface area contributed by atoms with Gasteiger partial charge in [-0.2, -0.15) is 0 Å². The Kier molecular flexibility index (Phi) is 7.58. The zero-order chi connectivity index (χ0) is 10.4. The van der Waals surface area contributed by atoms with Crippen LogP contribution in [0.25, 0.3) is 0 Å². The summed E-state index contributed by atoms with van der Waals surface area (Å²) in [4.78, 5) is 0. The minimum absolute atomic E-state index is 0. The van der Waals surface area contributed by atoms with Crippen LogP contribution in [0.4, 0.5) is 0 Å². The molecule has 0 heterocycles. The summed E-state index contributed by atoms with van der Waals surface area (Å²) < 4.78 is 4.87. The van der Waals surface area contributed by atoms with Gasteiger partial charge in [0.25, 0.3) is 0 Å². The van der Waals surface area contributed by atoms with Gasteiger partial charge in [-0.15, -0.1) is 0 Å². The van der Waals surface area contributed by atoms with E-state index in [1.807, 2.05) is 0 Å². The summed E-state index contributed by atoms with van der Waals surface area (Å²) in [6, 6.07) is 0. The number of hydrogen-bond donors (Lipinski definition) is 0. The molecule has 0 aliphatic heterocycles. The Morgan fingerprint density at radius 3 is 1.08 bits per heavy atom. The van der Waals surface area contributed by atoms with Crippen LogP contribution < -0.4 is 0 Å². The molecule has 0 aliphatic carbocycles. The average molecular weight is 292 g/mol. The van der Waals surface area contributed by atoms with E-state index in [9.17, 15) is 0 Å². The normalized spacial score (nSPS) is 12.5. The van der Waals surface area contributed by atoms with Gasteiger partial charge in [-0.3, -0.25) is 0 Å². The molecular weight excluding hydrogens is 263 g/mol. The van der Waals surface area contributed by atoms with Gasteiger partial charge in [0.15, 0.2) is 0 Å². The molecule has 13 heavy (non-hydrogen) atoms. The second-order valence-corrected chi connectivity index (χ2v) is 14.7. The van der Waals surface area contributed by atoms with Crippen molar-refractivity contribution < 1.29 is 1.43 Å². The number of rotatable bonds is 6. The maximum atomic E-state index is 2.39. The quantitative estimate of drug-likeness (QED) is 0.640. The molecule has 0 aromatic heterocycles. The molecule has 0 spiro atoms. The molecule has 82 valence electrons. The van der Waals surface area contributed by atoms with Crippen LogP contribution >= 0.6 is 0 Å². The molecule has 0 aliphatic rings. The maximum absolute atomic E-state index is 2.39. The van der Waals surface area contributed by atoms with Crippen LogP contribution in [0, 0.1) is 17.8 Å². The smallest absolute Gasteiger partial charge is 1.00 e. The minimum Gasteiger partial charge on any atom is -1.00 e. The zero-order valence-electron chi connectivity index (χ0n) is 11.4. The van der Waals surface area contributed by atoms with E-state index >= 15 is 0 Å². The first-order valence-electron chi connectivity index (χ1n) is 5.91. The fourth-order valence-corrected chi connectivity index (χ4v) is 15.4. The molecule has 0 bridgehead atoms. The van der Waals surface area contributed by atoms with E-state index in [2.05, 4.69) is 41.5 Å². The van der Waals surface area contributed by atoms with Crippen molar-refractivity contribution in [2.45, 2.75) is 54.9 Å². The Balaban J connectivity index is 0. The topological polar surface area (TPSA) is 0 Å². The van der Waals surface area contributed by atoms with E-state index in [1.165, 1.54) is 0 Å². The molecule has 0 unspecified atom stereocenters. The Morgan fingerprint density at radius 1 is 0.692 bits per heavy atom. The van der Waals surface area contributed by atoms with Gasteiger partial charge in [-0.1, -0.05) is 0 Å². The first-order valence-corrected chi connectivity index (χ1v) is 12.9. The Morgan fingerprint density at radius 2 is 0.923 bits per heavy atom. The predicted octanol–water partition coefficient (Wildman–Crippen LogP) is 4.29. The van der Waals surface area contributed by atoms with Crippen molar-refractivity contribution >= 4 is 19.8 Å². The van der Waals surface area contributed by atoms with Crippen molar-refractivity contribution in [3.05, 3.63) is 0 Å². The third-order valence-corrected chi connectivity index (χ3v) is 16.2. The molecule has 0 aromatic carbocycles. The van der Waals surface area contributed by atoms with Gasteiger partial charge in [-0.05, 0) is 0 Å². The first kappa shape index (κ1) is 13.8. The van der Waals surface area contributed by atoms with Crippen LogP contribution in [0.1, 0.15) is 43.0 Å². The molecule has 0 amide bonds. The van der Waals surface area contributed by atoms with Crippen LogP contribution in [0.3, 0.4) is 0 Å². The molecule has 0 radical (unpaired) electrons. The van der Waals surface area contributed by atoms with Gasteiger partial charge < -0.3 is 1.43 Å². The van der Waals surface area contributed by atoms with E-state index in [4.69, 9.17) is 0 Å². The second-order valence-electron chi connectivity index (χ2n) is 5.75. The van der Waals surface area contributed by atoms with Gasteiger partial charge in [0.05, 0.1) is 0 Å². The second kappa shape index (κ2) is 7.14. The van der Waals surface area contributed by atoms with Gasteiger partial charge in [-0.25, -0.2) is 0 Å². The fraction of sp³-hybridized carbons (Fsp3) is 1.00. The number of hydrogen-bond acceptors (Lipinski definition) is 0. The summed E-state index contributed by atoms with van der Waals surface area (Å²) in [5.41, 5.74) is 0. The summed E-state index contributed by atoms with van der Waals surface area (Å²) in [6.45, 7) is 14.4. The molecule has 1 heteroatoms. The van der Waals surface area contributed by atoms with Crippen molar-refractivity contribution in [2.24, 2.45) is 17.8 Å². The first-order chi connectivity index (χ1) is 5.91. The molecule has 0 N–H and O–H groups in total. The monoisotopic (exact) mass is 293 g/mol. The van der Waals surface area contributed by atoms with Crippen molar-refractivity contribution in [1.29, 1.82) is 0 Å². The van der Waals surface area contributed by atoms with Crippen molar-refractivity contribution in [1.82, 2.24) is 0 Å². The van der Waals surface area contributed by atoms with Crippen LogP contribution in [0.15, 0.2) is 0 Å². The van der Waals surface area contributed by atoms with E-state index < -0.39 is 19.8 Å². The Labute approximate surface area is 93.7 Å². The summed E-state index contributed by atoms with van der Waals surface area (Å²) >= 11 is -1.11. The summed E-state index contributed by atoms with van der Waals surface area (Å²) in [5, 5.41) is 0. The van der Waals surface area contributed by atoms with Crippen molar-refractivity contribution in [2.75, 3.05) is 0 Å². The van der Waals surface area contributed by atoms with Crippen LogP contribution in [0.2, 0.25) is 13.3 Å². The van der Waals surface area contributed by atoms with Gasteiger partial charge in [0, 0.05) is 0 Å². The molecule has 0 atom stereocenters. The Hall–Kier alpha value is 0.799.